The minimum absolute atomic E-state index is 0.0660. The molecule has 0 radical (unpaired) electrons. The normalized spacial score (nSPS) is 16.9. The second-order valence-corrected chi connectivity index (χ2v) is 8.31. The zero-order chi connectivity index (χ0) is 21.4. The minimum atomic E-state index is -3.84. The van der Waals surface area contributed by atoms with Gasteiger partial charge in [-0.15, -0.1) is 0 Å². The molecule has 1 saturated heterocycles. The summed E-state index contributed by atoms with van der Waals surface area (Å²) in [4.78, 5) is 30.8. The van der Waals surface area contributed by atoms with Crippen molar-refractivity contribution in [2.75, 3.05) is 26.2 Å². The van der Waals surface area contributed by atoms with E-state index in [0.717, 1.165) is 5.56 Å². The van der Waals surface area contributed by atoms with Crippen LogP contribution in [0, 0.1) is 6.92 Å². The molecule has 1 heterocycles. The van der Waals surface area contributed by atoms with Gasteiger partial charge in [-0.3, -0.25) is 9.59 Å². The van der Waals surface area contributed by atoms with Gasteiger partial charge in [0.05, 0.1) is 18.0 Å². The van der Waals surface area contributed by atoms with Crippen LogP contribution in [0.25, 0.3) is 0 Å². The van der Waals surface area contributed by atoms with E-state index < -0.39 is 27.9 Å². The zero-order valence-electron chi connectivity index (χ0n) is 16.1. The van der Waals surface area contributed by atoms with E-state index in [0.29, 0.717) is 19.4 Å². The van der Waals surface area contributed by atoms with Crippen LogP contribution in [0.5, 0.6) is 0 Å². The van der Waals surface area contributed by atoms with Crippen LogP contribution in [0.2, 0.25) is 0 Å². The number of amides is 2. The Morgan fingerprint density at radius 1 is 1.38 bits per heavy atom. The largest absolute Gasteiger partial charge is 0.391 e. The molecule has 1 aromatic rings. The summed E-state index contributed by atoms with van der Waals surface area (Å²) in [5, 5.41) is 5.89. The van der Waals surface area contributed by atoms with Gasteiger partial charge in [-0.25, -0.2) is 8.42 Å². The second-order valence-electron chi connectivity index (χ2n) is 6.59. The molecule has 11 nitrogen and oxygen atoms in total. The lowest BCUT2D eigenvalue weighted by atomic mass is 10.1. The van der Waals surface area contributed by atoms with Crippen molar-refractivity contribution in [2.45, 2.75) is 30.7 Å². The van der Waals surface area contributed by atoms with E-state index >= 15 is 0 Å². The number of nitrogens with zero attached hydrogens (tertiary/aromatic N) is 2. The van der Waals surface area contributed by atoms with Gasteiger partial charge >= 0.3 is 0 Å². The molecule has 0 aromatic heterocycles. The van der Waals surface area contributed by atoms with E-state index in [1.165, 1.54) is 17.0 Å². The van der Waals surface area contributed by atoms with Gasteiger partial charge in [-0.1, -0.05) is 12.1 Å². The molecule has 0 spiro atoms. The van der Waals surface area contributed by atoms with Crippen molar-refractivity contribution >= 4 is 27.8 Å². The van der Waals surface area contributed by atoms with Crippen LogP contribution in [0.15, 0.2) is 34.3 Å². The number of sulfonamides is 1. The topological polar surface area (TPSA) is 169 Å². The Morgan fingerprint density at radius 2 is 2.14 bits per heavy atom. The number of piperidine rings is 1. The first-order valence-electron chi connectivity index (χ1n) is 9.04. The Hall–Kier alpha value is -2.86. The van der Waals surface area contributed by atoms with Crippen LogP contribution in [0.1, 0.15) is 18.4 Å². The number of nitrogens with two attached hydrogens (primary N) is 2. The molecule has 12 heteroatoms. The number of oxime groups is 1. The molecule has 0 aliphatic carbocycles. The third-order valence-corrected chi connectivity index (χ3v) is 5.62. The Morgan fingerprint density at radius 3 is 2.83 bits per heavy atom. The van der Waals surface area contributed by atoms with Gasteiger partial charge in [-0.05, 0) is 42.6 Å². The number of aryl methyl sites for hydroxylation is 1. The van der Waals surface area contributed by atoms with E-state index in [-0.39, 0.29) is 30.6 Å². The highest BCUT2D eigenvalue weighted by molar-refractivity contribution is 7.89. The molecule has 1 aliphatic heterocycles. The SMILES string of the molecule is Cc1cccc(S(=O)(=O)N[C@H]2CCCN(CC(=O)NCCON=C(N)N)C2=O)c1. The van der Waals surface area contributed by atoms with Gasteiger partial charge in [0.1, 0.15) is 12.6 Å². The molecule has 0 saturated carbocycles. The second kappa shape index (κ2) is 10.1. The monoisotopic (exact) mass is 426 g/mol. The Kier molecular flexibility index (Phi) is 7.79. The fourth-order valence-electron chi connectivity index (χ4n) is 2.83. The van der Waals surface area contributed by atoms with Crippen LogP contribution in [-0.2, 0) is 24.4 Å². The number of carbonyl (C=O) groups excluding carboxylic acids is 2. The van der Waals surface area contributed by atoms with Crippen molar-refractivity contribution < 1.29 is 22.8 Å². The van der Waals surface area contributed by atoms with Crippen molar-refractivity contribution in [1.82, 2.24) is 14.9 Å². The summed E-state index contributed by atoms with van der Waals surface area (Å²) < 4.78 is 27.6. The molecule has 160 valence electrons. The lowest BCUT2D eigenvalue weighted by Crippen LogP contribution is -2.54. The molecule has 0 unspecified atom stereocenters. The van der Waals surface area contributed by atoms with Gasteiger partial charge in [0, 0.05) is 6.54 Å². The van der Waals surface area contributed by atoms with E-state index in [1.807, 2.05) is 0 Å². The van der Waals surface area contributed by atoms with Crippen LogP contribution in [0.4, 0.5) is 0 Å². The van der Waals surface area contributed by atoms with Gasteiger partial charge in [-0.2, -0.15) is 4.72 Å². The summed E-state index contributed by atoms with van der Waals surface area (Å²) in [5.74, 6) is -1.05. The van der Waals surface area contributed by atoms with Crippen molar-refractivity contribution in [3.8, 4) is 0 Å². The average Bonchev–Trinajstić information content (AvgIpc) is 2.64. The number of likely N-dealkylation sites (tertiary alicyclic amines) is 1. The summed E-state index contributed by atoms with van der Waals surface area (Å²) in [6, 6.07) is 5.52. The quantitative estimate of drug-likeness (QED) is 0.163. The summed E-state index contributed by atoms with van der Waals surface area (Å²) in [5.41, 5.74) is 11.0. The van der Waals surface area contributed by atoms with E-state index in [1.54, 1.807) is 19.1 Å². The maximum atomic E-state index is 12.6. The number of carbonyl (C=O) groups is 2. The fourth-order valence-corrected chi connectivity index (χ4v) is 4.16. The van der Waals surface area contributed by atoms with Gasteiger partial charge in [0.15, 0.2) is 0 Å². The average molecular weight is 426 g/mol. The lowest BCUT2D eigenvalue weighted by Gasteiger charge is -2.32. The van der Waals surface area contributed by atoms with Crippen molar-refractivity contribution in [1.29, 1.82) is 0 Å². The highest BCUT2D eigenvalue weighted by Gasteiger charge is 2.33. The maximum absolute atomic E-state index is 12.6. The van der Waals surface area contributed by atoms with Gasteiger partial charge in [0.2, 0.25) is 27.8 Å². The Balaban J connectivity index is 1.89. The van der Waals surface area contributed by atoms with Gasteiger partial charge in [0.25, 0.3) is 0 Å². The van der Waals surface area contributed by atoms with Crippen molar-refractivity contribution in [2.24, 2.45) is 16.6 Å². The molecule has 2 amide bonds. The molecule has 1 aliphatic rings. The molecule has 6 N–H and O–H groups in total. The third kappa shape index (κ3) is 6.91. The molecule has 1 atom stereocenters. The summed E-state index contributed by atoms with van der Waals surface area (Å²) in [7, 11) is -3.84. The van der Waals surface area contributed by atoms with Crippen molar-refractivity contribution in [3.63, 3.8) is 0 Å². The smallest absolute Gasteiger partial charge is 0.241 e. The first-order valence-corrected chi connectivity index (χ1v) is 10.5. The van der Waals surface area contributed by atoms with Crippen LogP contribution >= 0.6 is 0 Å². The summed E-state index contributed by atoms with van der Waals surface area (Å²) in [6.45, 7) is 2.20. The van der Waals surface area contributed by atoms with E-state index in [9.17, 15) is 18.0 Å². The number of hydrogen-bond acceptors (Lipinski definition) is 6. The van der Waals surface area contributed by atoms with Crippen molar-refractivity contribution in [3.05, 3.63) is 29.8 Å². The summed E-state index contributed by atoms with van der Waals surface area (Å²) in [6.07, 6.45) is 0.946. The molecule has 0 bridgehead atoms. The predicted molar refractivity (Wildman–Crippen MR) is 106 cm³/mol. The first-order chi connectivity index (χ1) is 13.7. The van der Waals surface area contributed by atoms with Crippen LogP contribution in [0.3, 0.4) is 0 Å². The molecule has 2 rings (SSSR count). The third-order valence-electron chi connectivity index (χ3n) is 4.15. The molecular weight excluding hydrogens is 400 g/mol. The number of rotatable bonds is 9. The molecular formula is C17H26N6O5S. The Labute approximate surface area is 169 Å². The number of benzene rings is 1. The van der Waals surface area contributed by atoms with Crippen LogP contribution in [-0.4, -0.2) is 63.4 Å². The fraction of sp³-hybridized carbons (Fsp3) is 0.471. The lowest BCUT2D eigenvalue weighted by molar-refractivity contribution is -0.139. The number of nitrogens with one attached hydrogen (secondary N) is 2. The summed E-state index contributed by atoms with van der Waals surface area (Å²) >= 11 is 0. The van der Waals surface area contributed by atoms with Crippen LogP contribution < -0.4 is 21.5 Å². The van der Waals surface area contributed by atoms with E-state index in [4.69, 9.17) is 16.3 Å². The first kappa shape index (κ1) is 22.4. The predicted octanol–water partition coefficient (Wildman–Crippen LogP) is -1.41. The molecule has 29 heavy (non-hydrogen) atoms. The standard InChI is InChI=1S/C17H26N6O5S/c1-12-4-2-5-13(10-12)29(26,27)22-14-6-3-8-23(16(14)25)11-15(24)20-7-9-28-21-17(18)19/h2,4-5,10,14,22H,3,6-9,11H2,1H3,(H,20,24)(H4,18,19,21)/t14-/m0/s1. The zero-order valence-corrected chi connectivity index (χ0v) is 16.9. The Bertz CT molecular complexity index is 869. The highest BCUT2D eigenvalue weighted by Crippen LogP contribution is 2.16. The number of guanidine groups is 1. The highest BCUT2D eigenvalue weighted by atomic mass is 32.2. The molecule has 1 fully saturated rings. The minimum Gasteiger partial charge on any atom is -0.391 e. The number of hydrogen-bond donors (Lipinski definition) is 4. The van der Waals surface area contributed by atoms with E-state index in [2.05, 4.69) is 15.2 Å². The molecule has 1 aromatic carbocycles. The maximum Gasteiger partial charge on any atom is 0.241 e. The van der Waals surface area contributed by atoms with Gasteiger partial charge < -0.3 is 26.5 Å².